The van der Waals surface area contributed by atoms with Crippen LogP contribution in [0, 0.1) is 12.7 Å². The van der Waals surface area contributed by atoms with Crippen molar-refractivity contribution in [2.45, 2.75) is 31.6 Å². The van der Waals surface area contributed by atoms with Crippen LogP contribution in [0.3, 0.4) is 0 Å². The van der Waals surface area contributed by atoms with Gasteiger partial charge in [-0.05, 0) is 43.0 Å². The fraction of sp³-hybridized carbons (Fsp3) is 0.250. The van der Waals surface area contributed by atoms with Crippen molar-refractivity contribution in [1.82, 2.24) is 5.16 Å². The minimum Gasteiger partial charge on any atom is -0.497 e. The van der Waals surface area contributed by atoms with Crippen molar-refractivity contribution in [2.24, 2.45) is 0 Å². The van der Waals surface area contributed by atoms with Gasteiger partial charge in [0, 0.05) is 29.2 Å². The van der Waals surface area contributed by atoms with E-state index in [0.717, 1.165) is 22.6 Å². The van der Waals surface area contributed by atoms with Gasteiger partial charge in [0.25, 0.3) is 0 Å². The number of aryl methyl sites for hydroxylation is 1. The number of nitrogens with zero attached hydrogens (tertiary/aromatic N) is 1. The lowest BCUT2D eigenvalue weighted by molar-refractivity contribution is -0.116. The maximum atomic E-state index is 14.8. The fourth-order valence-electron chi connectivity index (χ4n) is 4.60. The zero-order valence-electron chi connectivity index (χ0n) is 16.7. The van der Waals surface area contributed by atoms with E-state index in [1.807, 2.05) is 31.2 Å². The number of fused-ring (bicyclic) bond motifs is 1. The van der Waals surface area contributed by atoms with Gasteiger partial charge in [-0.25, -0.2) is 4.39 Å². The van der Waals surface area contributed by atoms with E-state index in [4.69, 9.17) is 9.26 Å². The van der Waals surface area contributed by atoms with Gasteiger partial charge in [-0.3, -0.25) is 4.79 Å². The molecule has 1 N–H and O–H groups in total. The van der Waals surface area contributed by atoms with Crippen molar-refractivity contribution in [3.63, 3.8) is 0 Å². The Hall–Kier alpha value is -3.41. The first-order chi connectivity index (χ1) is 14.6. The predicted octanol–water partition coefficient (Wildman–Crippen LogP) is 5.09. The second kappa shape index (κ2) is 7.13. The highest BCUT2D eigenvalue weighted by Crippen LogP contribution is 2.49. The number of rotatable bonds is 3. The zero-order chi connectivity index (χ0) is 20.8. The Labute approximate surface area is 173 Å². The standard InChI is InChI=1S/C24H21FN2O3/c1-13-21-22(17-5-3-4-6-18(17)25)23-19(26-24(21)30-27-13)11-15(12-20(23)28)14-7-9-16(29-2)10-8-14/h3-10,15,22,26H,11-12H2,1-2H3/t15-,22-/m1/s1. The quantitative estimate of drug-likeness (QED) is 0.659. The smallest absolute Gasteiger partial charge is 0.233 e. The third-order valence-corrected chi connectivity index (χ3v) is 6.06. The first-order valence-corrected chi connectivity index (χ1v) is 9.94. The normalized spacial score (nSPS) is 20.4. The molecule has 1 aliphatic carbocycles. The maximum Gasteiger partial charge on any atom is 0.233 e. The number of allylic oxidation sites excluding steroid dienone is 2. The fourth-order valence-corrected chi connectivity index (χ4v) is 4.60. The summed E-state index contributed by atoms with van der Waals surface area (Å²) in [7, 11) is 1.63. The monoisotopic (exact) mass is 404 g/mol. The van der Waals surface area contributed by atoms with Crippen LogP contribution in [0.1, 0.15) is 47.1 Å². The highest BCUT2D eigenvalue weighted by molar-refractivity contribution is 6.01. The van der Waals surface area contributed by atoms with Crippen LogP contribution in [0.4, 0.5) is 10.3 Å². The summed E-state index contributed by atoms with van der Waals surface area (Å²) in [6.45, 7) is 1.82. The first kappa shape index (κ1) is 18.6. The van der Waals surface area contributed by atoms with Gasteiger partial charge in [-0.1, -0.05) is 35.5 Å². The Morgan fingerprint density at radius 2 is 1.90 bits per heavy atom. The summed E-state index contributed by atoms with van der Waals surface area (Å²) in [4.78, 5) is 13.4. The molecule has 3 aromatic rings. The summed E-state index contributed by atoms with van der Waals surface area (Å²) in [6.07, 6.45) is 1.01. The molecular formula is C24H21FN2O3. The number of ether oxygens (including phenoxy) is 1. The topological polar surface area (TPSA) is 64.4 Å². The number of benzene rings is 2. The van der Waals surface area contributed by atoms with Crippen molar-refractivity contribution in [3.05, 3.63) is 88.0 Å². The number of anilines is 1. The lowest BCUT2D eigenvalue weighted by atomic mass is 9.72. The summed E-state index contributed by atoms with van der Waals surface area (Å²) in [5, 5.41) is 7.35. The second-order valence-corrected chi connectivity index (χ2v) is 7.78. The van der Waals surface area contributed by atoms with Crippen LogP contribution in [-0.2, 0) is 4.79 Å². The van der Waals surface area contributed by atoms with Crippen LogP contribution < -0.4 is 10.1 Å². The number of hydrogen-bond donors (Lipinski definition) is 1. The number of nitrogens with one attached hydrogen (secondary N) is 1. The molecule has 5 nitrogen and oxygen atoms in total. The van der Waals surface area contributed by atoms with Gasteiger partial charge in [0.2, 0.25) is 5.88 Å². The van der Waals surface area contributed by atoms with E-state index < -0.39 is 5.92 Å². The summed E-state index contributed by atoms with van der Waals surface area (Å²) in [5.74, 6) is 0.451. The van der Waals surface area contributed by atoms with E-state index in [-0.39, 0.29) is 17.5 Å². The van der Waals surface area contributed by atoms with Gasteiger partial charge in [-0.15, -0.1) is 0 Å². The molecule has 5 rings (SSSR count). The number of Topliss-reactive ketones (excluding diaryl/α,β-unsaturated/α-hetero) is 1. The van der Waals surface area contributed by atoms with Gasteiger partial charge in [0.1, 0.15) is 11.6 Å². The van der Waals surface area contributed by atoms with Crippen molar-refractivity contribution in [3.8, 4) is 5.75 Å². The van der Waals surface area contributed by atoms with Gasteiger partial charge in [0.05, 0.1) is 18.4 Å². The Bertz CT molecular complexity index is 1160. The Kier molecular flexibility index (Phi) is 4.42. The molecule has 6 heteroatoms. The Morgan fingerprint density at radius 1 is 1.13 bits per heavy atom. The molecule has 0 saturated carbocycles. The van der Waals surface area contributed by atoms with Gasteiger partial charge in [-0.2, -0.15) is 0 Å². The molecule has 1 aliphatic heterocycles. The molecule has 2 heterocycles. The molecule has 152 valence electrons. The number of ketones is 1. The number of methoxy groups -OCH3 is 1. The molecule has 30 heavy (non-hydrogen) atoms. The zero-order valence-corrected chi connectivity index (χ0v) is 16.7. The van der Waals surface area contributed by atoms with Gasteiger partial charge >= 0.3 is 0 Å². The largest absolute Gasteiger partial charge is 0.497 e. The van der Waals surface area contributed by atoms with Crippen LogP contribution in [0.15, 0.2) is 64.3 Å². The van der Waals surface area contributed by atoms with Crippen LogP contribution >= 0.6 is 0 Å². The van der Waals surface area contributed by atoms with Crippen molar-refractivity contribution < 1.29 is 18.4 Å². The lowest BCUT2D eigenvalue weighted by Crippen LogP contribution is -2.30. The van der Waals surface area contributed by atoms with Gasteiger partial charge in [0.15, 0.2) is 5.78 Å². The molecule has 0 amide bonds. The molecule has 2 aromatic carbocycles. The van der Waals surface area contributed by atoms with E-state index in [2.05, 4.69) is 10.5 Å². The molecule has 2 aliphatic rings. The summed E-state index contributed by atoms with van der Waals surface area (Å²) in [6, 6.07) is 14.4. The van der Waals surface area contributed by atoms with Gasteiger partial charge < -0.3 is 14.6 Å². The van der Waals surface area contributed by atoms with Crippen molar-refractivity contribution in [2.75, 3.05) is 12.4 Å². The number of carbonyl (C=O) groups excluding carboxylic acids is 1. The first-order valence-electron chi connectivity index (χ1n) is 9.94. The summed E-state index contributed by atoms with van der Waals surface area (Å²) >= 11 is 0. The number of carbonyl (C=O) groups is 1. The molecule has 0 unspecified atom stereocenters. The Balaban J connectivity index is 1.60. The molecule has 0 spiro atoms. The minimum atomic E-state index is -0.520. The highest BCUT2D eigenvalue weighted by Gasteiger charge is 2.41. The predicted molar refractivity (Wildman–Crippen MR) is 110 cm³/mol. The number of halogens is 1. The van der Waals surface area contributed by atoms with E-state index in [0.29, 0.717) is 35.6 Å². The Morgan fingerprint density at radius 3 is 2.63 bits per heavy atom. The average Bonchev–Trinajstić information content (AvgIpc) is 3.13. The molecule has 2 atom stereocenters. The molecule has 0 bridgehead atoms. The average molecular weight is 404 g/mol. The highest BCUT2D eigenvalue weighted by atomic mass is 19.1. The lowest BCUT2D eigenvalue weighted by Gasteiger charge is -2.34. The van der Waals surface area contributed by atoms with E-state index in [9.17, 15) is 9.18 Å². The summed E-state index contributed by atoms with van der Waals surface area (Å²) < 4.78 is 25.5. The van der Waals surface area contributed by atoms with Crippen molar-refractivity contribution >= 4 is 11.7 Å². The molecular weight excluding hydrogens is 383 g/mol. The molecule has 0 saturated heterocycles. The third kappa shape index (κ3) is 2.91. The van der Waals surface area contributed by atoms with Crippen LogP contribution in [0.2, 0.25) is 0 Å². The number of aromatic nitrogens is 1. The molecule has 1 aromatic heterocycles. The molecule has 0 fully saturated rings. The maximum absolute atomic E-state index is 14.8. The van der Waals surface area contributed by atoms with E-state index in [1.165, 1.54) is 6.07 Å². The third-order valence-electron chi connectivity index (χ3n) is 6.06. The van der Waals surface area contributed by atoms with Crippen LogP contribution in [-0.4, -0.2) is 18.0 Å². The van der Waals surface area contributed by atoms with Crippen molar-refractivity contribution in [1.29, 1.82) is 0 Å². The SMILES string of the molecule is COc1ccc([C@H]2CC(=O)C3=C(C2)Nc2onc(C)c2[C@H]3c2ccccc2F)cc1. The van der Waals surface area contributed by atoms with E-state index in [1.54, 1.807) is 25.3 Å². The summed E-state index contributed by atoms with van der Waals surface area (Å²) in [5.41, 5.74) is 4.32. The second-order valence-electron chi connectivity index (χ2n) is 7.78. The number of hydrogen-bond acceptors (Lipinski definition) is 5. The van der Waals surface area contributed by atoms with Crippen LogP contribution in [0.5, 0.6) is 5.75 Å². The minimum absolute atomic E-state index is 0.0177. The molecule has 0 radical (unpaired) electrons. The van der Waals surface area contributed by atoms with Crippen LogP contribution in [0.25, 0.3) is 0 Å². The van der Waals surface area contributed by atoms with E-state index >= 15 is 0 Å².